The Bertz CT molecular complexity index is 461. The fourth-order valence-corrected chi connectivity index (χ4v) is 3.65. The van der Waals surface area contributed by atoms with Crippen LogP contribution in [0.15, 0.2) is 18.2 Å². The molecule has 18 heavy (non-hydrogen) atoms. The third-order valence-electron chi connectivity index (χ3n) is 3.38. The normalized spacial score (nSPS) is 28.4. The average Bonchev–Trinajstić information content (AvgIpc) is 2.80. The summed E-state index contributed by atoms with van der Waals surface area (Å²) in [5, 5.41) is 4.26. The summed E-state index contributed by atoms with van der Waals surface area (Å²) in [5.74, 6) is 2.37. The summed E-state index contributed by atoms with van der Waals surface area (Å²) in [4.78, 5) is 0. The van der Waals surface area contributed by atoms with E-state index in [-0.39, 0.29) is 0 Å². The summed E-state index contributed by atoms with van der Waals surface area (Å²) < 4.78 is 11.4. The fourth-order valence-electron chi connectivity index (χ4n) is 2.45. The molecule has 2 atom stereocenters. The molecule has 0 spiro atoms. The topological polar surface area (TPSA) is 30.5 Å². The molecule has 98 valence electrons. The van der Waals surface area contributed by atoms with Gasteiger partial charge in [0.25, 0.3) is 0 Å². The monoisotopic (exact) mass is 265 g/mol. The Morgan fingerprint density at radius 3 is 2.78 bits per heavy atom. The Hall–Kier alpha value is -1.03. The maximum atomic E-state index is 5.76. The van der Waals surface area contributed by atoms with Crippen LogP contribution >= 0.6 is 11.8 Å². The van der Waals surface area contributed by atoms with Gasteiger partial charge in [0.2, 0.25) is 5.79 Å². The molecule has 4 heteroatoms. The molecular weight excluding hydrogens is 246 g/mol. The zero-order valence-electron chi connectivity index (χ0n) is 11.0. The lowest BCUT2D eigenvalue weighted by Gasteiger charge is -2.18. The number of hydrogen-bond acceptors (Lipinski definition) is 4. The number of fused-ring (bicyclic) bond motifs is 1. The van der Waals surface area contributed by atoms with E-state index in [2.05, 4.69) is 18.3 Å². The van der Waals surface area contributed by atoms with Crippen LogP contribution < -0.4 is 14.8 Å². The van der Waals surface area contributed by atoms with Gasteiger partial charge in [-0.2, -0.15) is 11.8 Å². The van der Waals surface area contributed by atoms with Crippen molar-refractivity contribution in [1.29, 1.82) is 0 Å². The predicted octanol–water partition coefficient (Wildman–Crippen LogP) is 3.50. The number of thioether (sulfide) groups is 1. The van der Waals surface area contributed by atoms with E-state index in [9.17, 15) is 0 Å². The summed E-state index contributed by atoms with van der Waals surface area (Å²) >= 11 is 2.03. The molecule has 1 fully saturated rings. The molecule has 3 rings (SSSR count). The van der Waals surface area contributed by atoms with Crippen LogP contribution in [-0.4, -0.2) is 22.8 Å². The summed E-state index contributed by atoms with van der Waals surface area (Å²) in [6.45, 7) is 6.14. The second-order valence-corrected chi connectivity index (χ2v) is 6.87. The van der Waals surface area contributed by atoms with Gasteiger partial charge in [-0.1, -0.05) is 6.92 Å². The van der Waals surface area contributed by atoms with Gasteiger partial charge in [-0.05, 0) is 24.3 Å². The molecule has 0 radical (unpaired) electrons. The van der Waals surface area contributed by atoms with Crippen molar-refractivity contribution in [3.8, 4) is 11.5 Å². The molecule has 0 aliphatic carbocycles. The standard InChI is InChI=1S/C14H19NO2S/c1-9-11(6-7-18-9)15-10-4-5-12-13(8-10)17-14(2,3)16-12/h4-5,8-9,11,15H,6-7H2,1-3H3. The summed E-state index contributed by atoms with van der Waals surface area (Å²) in [6.07, 6.45) is 1.23. The highest BCUT2D eigenvalue weighted by Gasteiger charge is 2.32. The molecule has 2 aliphatic rings. The van der Waals surface area contributed by atoms with Crippen LogP contribution in [-0.2, 0) is 0 Å². The van der Waals surface area contributed by atoms with Gasteiger partial charge in [0, 0.05) is 36.9 Å². The zero-order chi connectivity index (χ0) is 12.8. The van der Waals surface area contributed by atoms with Crippen molar-refractivity contribution < 1.29 is 9.47 Å². The first-order valence-electron chi connectivity index (χ1n) is 6.44. The second kappa shape index (κ2) is 4.26. The number of hydrogen-bond donors (Lipinski definition) is 1. The van der Waals surface area contributed by atoms with Crippen LogP contribution in [0.1, 0.15) is 27.2 Å². The molecule has 3 nitrogen and oxygen atoms in total. The van der Waals surface area contributed by atoms with Crippen molar-refractivity contribution in [2.45, 2.75) is 44.3 Å². The van der Waals surface area contributed by atoms with Gasteiger partial charge >= 0.3 is 0 Å². The first-order chi connectivity index (χ1) is 8.53. The Labute approximate surface area is 112 Å². The lowest BCUT2D eigenvalue weighted by molar-refractivity contribution is -0.0431. The van der Waals surface area contributed by atoms with Crippen LogP contribution in [0.3, 0.4) is 0 Å². The number of rotatable bonds is 2. The van der Waals surface area contributed by atoms with Crippen molar-refractivity contribution in [1.82, 2.24) is 0 Å². The second-order valence-electron chi connectivity index (χ2n) is 5.38. The number of anilines is 1. The number of ether oxygens (including phenoxy) is 2. The van der Waals surface area contributed by atoms with Gasteiger partial charge in [0.05, 0.1) is 0 Å². The van der Waals surface area contributed by atoms with Crippen LogP contribution in [0, 0.1) is 0 Å². The summed E-state index contributed by atoms with van der Waals surface area (Å²) in [7, 11) is 0. The quantitative estimate of drug-likeness (QED) is 0.886. The van der Waals surface area contributed by atoms with Crippen molar-refractivity contribution in [2.24, 2.45) is 0 Å². The van der Waals surface area contributed by atoms with Crippen molar-refractivity contribution in [2.75, 3.05) is 11.1 Å². The summed E-state index contributed by atoms with van der Waals surface area (Å²) in [6, 6.07) is 6.65. The third kappa shape index (κ3) is 2.26. The molecule has 0 amide bonds. The highest BCUT2D eigenvalue weighted by Crippen LogP contribution is 2.41. The first kappa shape index (κ1) is 12.0. The van der Waals surface area contributed by atoms with Gasteiger partial charge in [-0.15, -0.1) is 0 Å². The predicted molar refractivity (Wildman–Crippen MR) is 75.7 cm³/mol. The average molecular weight is 265 g/mol. The van der Waals surface area contributed by atoms with Gasteiger partial charge < -0.3 is 14.8 Å². The van der Waals surface area contributed by atoms with Crippen molar-refractivity contribution >= 4 is 17.4 Å². The van der Waals surface area contributed by atoms with Crippen LogP contribution in [0.2, 0.25) is 0 Å². The van der Waals surface area contributed by atoms with Crippen molar-refractivity contribution in [3.05, 3.63) is 18.2 Å². The van der Waals surface area contributed by atoms with E-state index in [1.54, 1.807) is 0 Å². The largest absolute Gasteiger partial charge is 0.449 e. The Morgan fingerprint density at radius 2 is 2.06 bits per heavy atom. The van der Waals surface area contributed by atoms with E-state index in [0.717, 1.165) is 17.2 Å². The highest BCUT2D eigenvalue weighted by molar-refractivity contribution is 8.00. The van der Waals surface area contributed by atoms with Gasteiger partial charge in [0.15, 0.2) is 11.5 Å². The van der Waals surface area contributed by atoms with E-state index >= 15 is 0 Å². The molecule has 0 aromatic heterocycles. The maximum absolute atomic E-state index is 5.76. The molecule has 1 N–H and O–H groups in total. The molecule has 2 heterocycles. The van der Waals surface area contributed by atoms with E-state index in [1.807, 2.05) is 37.7 Å². The van der Waals surface area contributed by atoms with Gasteiger partial charge in [0.1, 0.15) is 0 Å². The van der Waals surface area contributed by atoms with Crippen molar-refractivity contribution in [3.63, 3.8) is 0 Å². The van der Waals surface area contributed by atoms with E-state index in [0.29, 0.717) is 11.3 Å². The van der Waals surface area contributed by atoms with E-state index in [1.165, 1.54) is 12.2 Å². The molecule has 1 saturated heterocycles. The van der Waals surface area contributed by atoms with E-state index in [4.69, 9.17) is 9.47 Å². The van der Waals surface area contributed by atoms with Crippen LogP contribution in [0.25, 0.3) is 0 Å². The minimum atomic E-state index is -0.544. The molecule has 1 aromatic rings. The lowest BCUT2D eigenvalue weighted by atomic mass is 10.1. The number of benzene rings is 1. The third-order valence-corrected chi connectivity index (χ3v) is 4.71. The lowest BCUT2D eigenvalue weighted by Crippen LogP contribution is -2.29. The van der Waals surface area contributed by atoms with Gasteiger partial charge in [-0.3, -0.25) is 0 Å². The highest BCUT2D eigenvalue weighted by atomic mass is 32.2. The Kier molecular flexibility index (Phi) is 2.85. The molecule has 1 aromatic carbocycles. The molecule has 2 unspecified atom stereocenters. The summed E-state index contributed by atoms with van der Waals surface area (Å²) in [5.41, 5.74) is 1.12. The van der Waals surface area contributed by atoms with Crippen LogP contribution in [0.4, 0.5) is 5.69 Å². The fraction of sp³-hybridized carbons (Fsp3) is 0.571. The molecule has 2 aliphatic heterocycles. The molecule has 0 bridgehead atoms. The smallest absolute Gasteiger partial charge is 0.246 e. The van der Waals surface area contributed by atoms with Gasteiger partial charge in [-0.25, -0.2) is 0 Å². The molecule has 0 saturated carbocycles. The minimum absolute atomic E-state index is 0.544. The molecular formula is C14H19NO2S. The maximum Gasteiger partial charge on any atom is 0.246 e. The minimum Gasteiger partial charge on any atom is -0.449 e. The SMILES string of the molecule is CC1SCCC1Nc1ccc2c(c1)OC(C)(C)O2. The Morgan fingerprint density at radius 1 is 1.28 bits per heavy atom. The van der Waals surface area contributed by atoms with E-state index < -0.39 is 5.79 Å². The first-order valence-corrected chi connectivity index (χ1v) is 7.49. The zero-order valence-corrected chi connectivity index (χ0v) is 11.8. The van der Waals surface area contributed by atoms with Crippen LogP contribution in [0.5, 0.6) is 11.5 Å². The number of nitrogens with one attached hydrogen (secondary N) is 1. The Balaban J connectivity index is 1.76.